The lowest BCUT2D eigenvalue weighted by Crippen LogP contribution is -2.27. The Morgan fingerprint density at radius 3 is 2.36 bits per heavy atom. The average Bonchev–Trinajstić information content (AvgIpc) is 2.29. The van der Waals surface area contributed by atoms with E-state index in [0.717, 1.165) is 15.9 Å². The topological polar surface area (TPSA) is 33.1 Å². The smallest absolute Gasteiger partial charge is 0.123 e. The van der Waals surface area contributed by atoms with Gasteiger partial charge in [-0.3, -0.25) is 0 Å². The summed E-state index contributed by atoms with van der Waals surface area (Å²) in [5.74, 6) is 0. The molecular weight excluding hydrogens is 262 g/mol. The Hall–Kier alpha value is 0.0700. The summed E-state index contributed by atoms with van der Waals surface area (Å²) >= 11 is 4.84. The van der Waals surface area contributed by atoms with E-state index in [9.17, 15) is 5.11 Å². The molecular formula is C10H16BrNOS. The maximum atomic E-state index is 10.3. The molecule has 0 saturated heterocycles. The van der Waals surface area contributed by atoms with Gasteiger partial charge in [-0.15, -0.1) is 11.3 Å². The highest BCUT2D eigenvalue weighted by molar-refractivity contribution is 9.10. The van der Waals surface area contributed by atoms with Crippen molar-refractivity contribution in [3.8, 4) is 0 Å². The fraction of sp³-hybridized carbons (Fsp3) is 0.700. The lowest BCUT2D eigenvalue weighted by atomic mass is 9.82. The number of aliphatic hydroxyl groups is 1. The van der Waals surface area contributed by atoms with Crippen LogP contribution in [0.2, 0.25) is 0 Å². The van der Waals surface area contributed by atoms with Crippen LogP contribution in [0.3, 0.4) is 0 Å². The van der Waals surface area contributed by atoms with Crippen LogP contribution in [0.25, 0.3) is 0 Å². The molecule has 1 rings (SSSR count). The van der Waals surface area contributed by atoms with Gasteiger partial charge in [0.25, 0.3) is 0 Å². The molecule has 14 heavy (non-hydrogen) atoms. The predicted molar refractivity (Wildman–Crippen MR) is 63.5 cm³/mol. The summed E-state index contributed by atoms with van der Waals surface area (Å²) in [6, 6.07) is 0. The molecule has 0 bridgehead atoms. The van der Waals surface area contributed by atoms with Crippen LogP contribution in [0.5, 0.6) is 0 Å². The van der Waals surface area contributed by atoms with Crippen molar-refractivity contribution < 1.29 is 5.11 Å². The molecule has 0 aliphatic heterocycles. The van der Waals surface area contributed by atoms with E-state index in [-0.39, 0.29) is 5.41 Å². The van der Waals surface area contributed by atoms with E-state index < -0.39 is 5.60 Å². The summed E-state index contributed by atoms with van der Waals surface area (Å²) < 4.78 is 0.761. The van der Waals surface area contributed by atoms with Crippen LogP contribution in [-0.4, -0.2) is 10.1 Å². The van der Waals surface area contributed by atoms with Gasteiger partial charge in [0.2, 0.25) is 0 Å². The van der Waals surface area contributed by atoms with Crippen LogP contribution in [0.4, 0.5) is 0 Å². The minimum absolute atomic E-state index is 0.104. The third-order valence-electron chi connectivity index (χ3n) is 1.89. The largest absolute Gasteiger partial charge is 0.384 e. The normalized spacial score (nSPS) is 16.7. The maximum Gasteiger partial charge on any atom is 0.123 e. The third kappa shape index (κ3) is 3.04. The molecule has 0 saturated carbocycles. The van der Waals surface area contributed by atoms with E-state index in [4.69, 9.17) is 0 Å². The summed E-state index contributed by atoms with van der Waals surface area (Å²) in [7, 11) is 0. The van der Waals surface area contributed by atoms with Crippen molar-refractivity contribution in [3.05, 3.63) is 15.0 Å². The fourth-order valence-electron chi connectivity index (χ4n) is 1.69. The van der Waals surface area contributed by atoms with Crippen LogP contribution in [0.15, 0.2) is 10.1 Å². The summed E-state index contributed by atoms with van der Waals surface area (Å²) in [6.07, 6.45) is 0.723. The van der Waals surface area contributed by atoms with Crippen molar-refractivity contribution in [1.82, 2.24) is 4.98 Å². The van der Waals surface area contributed by atoms with Crippen LogP contribution < -0.4 is 0 Å². The number of hydrogen-bond acceptors (Lipinski definition) is 3. The Kier molecular flexibility index (Phi) is 3.39. The van der Waals surface area contributed by atoms with E-state index in [0.29, 0.717) is 0 Å². The Bertz CT molecular complexity index is 314. The van der Waals surface area contributed by atoms with Crippen molar-refractivity contribution in [2.45, 2.75) is 39.7 Å². The summed E-state index contributed by atoms with van der Waals surface area (Å²) in [5, 5.41) is 10.3. The molecule has 0 spiro atoms. The maximum absolute atomic E-state index is 10.3. The first kappa shape index (κ1) is 12.1. The molecule has 2 nitrogen and oxygen atoms in total. The number of nitrogens with zero attached hydrogens (tertiary/aromatic N) is 1. The first-order chi connectivity index (χ1) is 6.22. The second-order valence-electron chi connectivity index (χ2n) is 4.98. The van der Waals surface area contributed by atoms with Crippen molar-refractivity contribution >= 4 is 27.3 Å². The van der Waals surface area contributed by atoms with Crippen LogP contribution in [0.1, 0.15) is 39.0 Å². The van der Waals surface area contributed by atoms with Gasteiger partial charge in [-0.1, -0.05) is 20.8 Å². The number of thiazole rings is 1. The zero-order chi connectivity index (χ0) is 11.0. The second kappa shape index (κ2) is 3.91. The van der Waals surface area contributed by atoms with Gasteiger partial charge in [0, 0.05) is 0 Å². The van der Waals surface area contributed by atoms with Crippen LogP contribution in [0, 0.1) is 5.41 Å². The zero-order valence-electron chi connectivity index (χ0n) is 8.97. The van der Waals surface area contributed by atoms with E-state index in [2.05, 4.69) is 41.7 Å². The number of hydrogen-bond donors (Lipinski definition) is 1. The van der Waals surface area contributed by atoms with E-state index in [1.54, 1.807) is 5.51 Å². The minimum Gasteiger partial charge on any atom is -0.384 e. The van der Waals surface area contributed by atoms with E-state index in [1.165, 1.54) is 11.3 Å². The SMILES string of the molecule is CC(C)(C)CC(C)(O)c1scnc1Br. The first-order valence-electron chi connectivity index (χ1n) is 4.54. The Morgan fingerprint density at radius 2 is 2.00 bits per heavy atom. The second-order valence-corrected chi connectivity index (χ2v) is 6.59. The molecule has 1 aromatic heterocycles. The molecule has 80 valence electrons. The summed E-state index contributed by atoms with van der Waals surface area (Å²) in [4.78, 5) is 5.00. The molecule has 0 aromatic carbocycles. The first-order valence-corrected chi connectivity index (χ1v) is 6.21. The lowest BCUT2D eigenvalue weighted by molar-refractivity contribution is 0.0177. The molecule has 4 heteroatoms. The standard InChI is InChI=1S/C10H16BrNOS/c1-9(2,3)5-10(4,13)7-8(11)12-6-14-7/h6,13H,5H2,1-4H3. The van der Waals surface area contributed by atoms with Crippen molar-refractivity contribution in [3.63, 3.8) is 0 Å². The molecule has 1 heterocycles. The van der Waals surface area contributed by atoms with Crippen molar-refractivity contribution in [1.29, 1.82) is 0 Å². The van der Waals surface area contributed by atoms with E-state index in [1.807, 2.05) is 6.92 Å². The van der Waals surface area contributed by atoms with E-state index >= 15 is 0 Å². The van der Waals surface area contributed by atoms with Gasteiger partial charge < -0.3 is 5.11 Å². The Balaban J connectivity index is 2.91. The predicted octanol–water partition coefficient (Wildman–Crippen LogP) is 3.55. The molecule has 1 N–H and O–H groups in total. The lowest BCUT2D eigenvalue weighted by Gasteiger charge is -2.30. The number of rotatable bonds is 2. The van der Waals surface area contributed by atoms with Gasteiger partial charge in [-0.05, 0) is 34.7 Å². The zero-order valence-corrected chi connectivity index (χ0v) is 11.4. The van der Waals surface area contributed by atoms with Crippen molar-refractivity contribution in [2.75, 3.05) is 0 Å². The van der Waals surface area contributed by atoms with Gasteiger partial charge in [-0.2, -0.15) is 0 Å². The fourth-order valence-corrected chi connectivity index (χ4v) is 3.38. The van der Waals surface area contributed by atoms with Crippen LogP contribution >= 0.6 is 27.3 Å². The molecule has 1 atom stereocenters. The quantitative estimate of drug-likeness (QED) is 0.897. The van der Waals surface area contributed by atoms with Crippen LogP contribution in [-0.2, 0) is 5.60 Å². The molecule has 0 amide bonds. The Morgan fingerprint density at radius 1 is 1.43 bits per heavy atom. The van der Waals surface area contributed by atoms with Gasteiger partial charge in [0.1, 0.15) is 4.60 Å². The number of aromatic nitrogens is 1. The molecule has 0 radical (unpaired) electrons. The van der Waals surface area contributed by atoms with Gasteiger partial charge in [0.05, 0.1) is 16.0 Å². The molecule has 1 unspecified atom stereocenters. The minimum atomic E-state index is -0.793. The average molecular weight is 278 g/mol. The molecule has 1 aromatic rings. The molecule has 0 aliphatic carbocycles. The highest BCUT2D eigenvalue weighted by atomic mass is 79.9. The highest BCUT2D eigenvalue weighted by Crippen LogP contribution is 2.39. The van der Waals surface area contributed by atoms with Gasteiger partial charge in [0.15, 0.2) is 0 Å². The number of halogens is 1. The van der Waals surface area contributed by atoms with Crippen molar-refractivity contribution in [2.24, 2.45) is 5.41 Å². The Labute approximate surface area is 97.5 Å². The van der Waals surface area contributed by atoms with Gasteiger partial charge in [-0.25, -0.2) is 4.98 Å². The molecule has 0 fully saturated rings. The summed E-state index contributed by atoms with van der Waals surface area (Å²) in [5.41, 5.74) is 1.06. The third-order valence-corrected chi connectivity index (χ3v) is 3.83. The van der Waals surface area contributed by atoms with Gasteiger partial charge >= 0.3 is 0 Å². The highest BCUT2D eigenvalue weighted by Gasteiger charge is 2.32. The summed E-state index contributed by atoms with van der Waals surface area (Å²) in [6.45, 7) is 8.21. The molecule has 0 aliphatic rings. The monoisotopic (exact) mass is 277 g/mol.